The molecule has 0 aliphatic rings. The predicted octanol–water partition coefficient (Wildman–Crippen LogP) is 2.91. The zero-order chi connectivity index (χ0) is 17.9. The first-order chi connectivity index (χ1) is 11.4. The summed E-state index contributed by atoms with van der Waals surface area (Å²) < 4.78 is 11.9. The molecule has 2 rings (SSSR count). The van der Waals surface area contributed by atoms with Crippen molar-refractivity contribution in [3.8, 4) is 0 Å². The van der Waals surface area contributed by atoms with E-state index < -0.39 is 12.0 Å². The molecule has 24 heavy (non-hydrogen) atoms. The van der Waals surface area contributed by atoms with Crippen LogP contribution in [-0.2, 0) is 14.3 Å². The number of esters is 1. The number of carbonyl (C=O) groups is 1. The normalized spacial score (nSPS) is 12.5. The molecule has 0 aliphatic heterocycles. The smallest absolute Gasteiger partial charge is 0.329 e. The molecule has 2 aromatic rings. The van der Waals surface area contributed by atoms with E-state index in [1.807, 2.05) is 27.7 Å². The first-order valence-corrected chi connectivity index (χ1v) is 8.97. The maximum atomic E-state index is 13.0. The van der Waals surface area contributed by atoms with Crippen molar-refractivity contribution in [1.29, 1.82) is 0 Å². The third-order valence-electron chi connectivity index (χ3n) is 4.06. The van der Waals surface area contributed by atoms with Crippen molar-refractivity contribution < 1.29 is 14.3 Å². The van der Waals surface area contributed by atoms with Gasteiger partial charge in [0.1, 0.15) is 23.3 Å². The Bertz CT molecular complexity index is 794. The molecule has 1 atom stereocenters. The highest BCUT2D eigenvalue weighted by Crippen LogP contribution is 2.27. The van der Waals surface area contributed by atoms with Crippen LogP contribution in [0.25, 0.3) is 10.2 Å². The molecule has 0 amide bonds. The Balaban J connectivity index is 2.39. The number of thiophene rings is 1. The van der Waals surface area contributed by atoms with E-state index in [0.29, 0.717) is 30.8 Å². The number of ether oxygens (including phenoxy) is 2. The first kappa shape index (κ1) is 18.6. The second-order valence-corrected chi connectivity index (χ2v) is 6.79. The van der Waals surface area contributed by atoms with Crippen molar-refractivity contribution >= 4 is 27.5 Å². The average Bonchev–Trinajstić information content (AvgIpc) is 2.82. The minimum absolute atomic E-state index is 0.173. The van der Waals surface area contributed by atoms with Gasteiger partial charge in [0, 0.05) is 11.5 Å². The largest absolute Gasteiger partial charge is 0.462 e. The van der Waals surface area contributed by atoms with Gasteiger partial charge in [-0.25, -0.2) is 9.78 Å². The van der Waals surface area contributed by atoms with Crippen LogP contribution in [0, 0.1) is 20.8 Å². The molecule has 0 bridgehead atoms. The maximum Gasteiger partial charge on any atom is 0.329 e. The molecule has 0 spiro atoms. The summed E-state index contributed by atoms with van der Waals surface area (Å²) in [6.45, 7) is 10.5. The number of aromatic nitrogens is 2. The lowest BCUT2D eigenvalue weighted by Gasteiger charge is -2.19. The van der Waals surface area contributed by atoms with Crippen LogP contribution in [-0.4, -0.2) is 35.3 Å². The van der Waals surface area contributed by atoms with Gasteiger partial charge < -0.3 is 9.47 Å². The fourth-order valence-electron chi connectivity index (χ4n) is 2.67. The van der Waals surface area contributed by atoms with Gasteiger partial charge >= 0.3 is 5.97 Å². The van der Waals surface area contributed by atoms with Gasteiger partial charge in [0.2, 0.25) is 0 Å². The molecule has 0 N–H and O–H groups in total. The van der Waals surface area contributed by atoms with E-state index in [4.69, 9.17) is 9.47 Å². The third kappa shape index (κ3) is 3.52. The SMILES string of the molecule is CCOCCOC(=O)C(CC)n1c(C)nc2sc(C)c(C)c2c1=O. The van der Waals surface area contributed by atoms with Crippen LogP contribution < -0.4 is 5.56 Å². The summed E-state index contributed by atoms with van der Waals surface area (Å²) in [5, 5.41) is 0.601. The predicted molar refractivity (Wildman–Crippen MR) is 94.9 cm³/mol. The summed E-state index contributed by atoms with van der Waals surface area (Å²) in [6, 6.07) is -0.671. The van der Waals surface area contributed by atoms with Crippen molar-refractivity contribution in [1.82, 2.24) is 9.55 Å². The average molecular weight is 352 g/mol. The number of rotatable bonds is 7. The van der Waals surface area contributed by atoms with Gasteiger partial charge in [-0.3, -0.25) is 9.36 Å². The molecular formula is C17H24N2O4S. The van der Waals surface area contributed by atoms with E-state index in [1.165, 1.54) is 15.9 Å². The van der Waals surface area contributed by atoms with E-state index in [9.17, 15) is 9.59 Å². The van der Waals surface area contributed by atoms with Gasteiger partial charge in [0.15, 0.2) is 0 Å². The molecule has 0 saturated heterocycles. The summed E-state index contributed by atoms with van der Waals surface area (Å²) in [5.74, 6) is 0.107. The minimum atomic E-state index is -0.671. The molecule has 6 nitrogen and oxygen atoms in total. The van der Waals surface area contributed by atoms with Crippen molar-refractivity contribution in [2.75, 3.05) is 19.8 Å². The van der Waals surface area contributed by atoms with Gasteiger partial charge in [0.25, 0.3) is 5.56 Å². The highest BCUT2D eigenvalue weighted by molar-refractivity contribution is 7.18. The van der Waals surface area contributed by atoms with E-state index in [1.54, 1.807) is 6.92 Å². The molecule has 0 aliphatic carbocycles. The monoisotopic (exact) mass is 352 g/mol. The summed E-state index contributed by atoms with van der Waals surface area (Å²) in [7, 11) is 0. The van der Waals surface area contributed by atoms with E-state index in [2.05, 4.69) is 4.98 Å². The van der Waals surface area contributed by atoms with Gasteiger partial charge in [0.05, 0.1) is 12.0 Å². The summed E-state index contributed by atoms with van der Waals surface area (Å²) in [4.78, 5) is 31.7. The zero-order valence-corrected chi connectivity index (χ0v) is 15.7. The first-order valence-electron chi connectivity index (χ1n) is 8.15. The van der Waals surface area contributed by atoms with Crippen molar-refractivity contribution in [2.24, 2.45) is 0 Å². The molecule has 132 valence electrons. The highest BCUT2D eigenvalue weighted by Gasteiger charge is 2.25. The Morgan fingerprint density at radius 3 is 2.58 bits per heavy atom. The minimum Gasteiger partial charge on any atom is -0.462 e. The molecule has 0 saturated carbocycles. The van der Waals surface area contributed by atoms with E-state index in [0.717, 1.165) is 15.3 Å². The van der Waals surface area contributed by atoms with Crippen LogP contribution in [0.3, 0.4) is 0 Å². The lowest BCUT2D eigenvalue weighted by Crippen LogP contribution is -2.33. The lowest BCUT2D eigenvalue weighted by molar-refractivity contribution is -0.149. The topological polar surface area (TPSA) is 70.4 Å². The van der Waals surface area contributed by atoms with E-state index >= 15 is 0 Å². The standard InChI is InChI=1S/C17H24N2O4S/c1-6-13(17(21)23-9-8-22-7-2)19-12(5)18-15-14(16(19)20)10(3)11(4)24-15/h13H,6-9H2,1-5H3. The molecule has 0 fully saturated rings. The molecule has 7 heteroatoms. The van der Waals surface area contributed by atoms with Crippen LogP contribution in [0.5, 0.6) is 0 Å². The fourth-order valence-corrected chi connectivity index (χ4v) is 3.74. The van der Waals surface area contributed by atoms with Gasteiger partial charge in [-0.1, -0.05) is 6.92 Å². The third-order valence-corrected chi connectivity index (χ3v) is 5.16. The Morgan fingerprint density at radius 2 is 1.96 bits per heavy atom. The second kappa shape index (κ2) is 7.90. The molecule has 2 heterocycles. The molecule has 1 unspecified atom stereocenters. The molecule has 0 aromatic carbocycles. The van der Waals surface area contributed by atoms with Crippen LogP contribution in [0.2, 0.25) is 0 Å². The second-order valence-electron chi connectivity index (χ2n) is 5.59. The number of hydrogen-bond donors (Lipinski definition) is 0. The van der Waals surface area contributed by atoms with Gasteiger partial charge in [-0.05, 0) is 39.7 Å². The molecular weight excluding hydrogens is 328 g/mol. The maximum absolute atomic E-state index is 13.0. The van der Waals surface area contributed by atoms with Crippen LogP contribution in [0.15, 0.2) is 4.79 Å². The van der Waals surface area contributed by atoms with Crippen molar-refractivity contribution in [3.05, 3.63) is 26.6 Å². The summed E-state index contributed by atoms with van der Waals surface area (Å²) in [6.07, 6.45) is 0.462. The Kier molecular flexibility index (Phi) is 6.12. The fraction of sp³-hybridized carbons (Fsp3) is 0.588. The Labute approximate surface area is 145 Å². The van der Waals surface area contributed by atoms with Crippen LogP contribution in [0.1, 0.15) is 42.6 Å². The van der Waals surface area contributed by atoms with Crippen molar-refractivity contribution in [3.63, 3.8) is 0 Å². The number of carbonyl (C=O) groups excluding carboxylic acids is 1. The Hall–Kier alpha value is -1.73. The summed E-state index contributed by atoms with van der Waals surface area (Å²) >= 11 is 1.51. The lowest BCUT2D eigenvalue weighted by atomic mass is 10.2. The number of aryl methyl sites for hydroxylation is 3. The number of nitrogens with zero attached hydrogens (tertiary/aromatic N) is 2. The van der Waals surface area contributed by atoms with E-state index in [-0.39, 0.29) is 12.2 Å². The summed E-state index contributed by atoms with van der Waals surface area (Å²) in [5.41, 5.74) is 0.758. The highest BCUT2D eigenvalue weighted by atomic mass is 32.1. The Morgan fingerprint density at radius 1 is 1.25 bits per heavy atom. The molecule has 0 radical (unpaired) electrons. The zero-order valence-electron chi connectivity index (χ0n) is 14.8. The quantitative estimate of drug-likeness (QED) is 0.566. The van der Waals surface area contributed by atoms with Gasteiger partial charge in [-0.2, -0.15) is 0 Å². The molecule has 2 aromatic heterocycles. The van der Waals surface area contributed by atoms with Gasteiger partial charge in [-0.15, -0.1) is 11.3 Å². The van der Waals surface area contributed by atoms with Crippen molar-refractivity contribution in [2.45, 2.75) is 47.1 Å². The number of hydrogen-bond acceptors (Lipinski definition) is 6. The number of fused-ring (bicyclic) bond motifs is 1. The van der Waals surface area contributed by atoms with Crippen LogP contribution >= 0.6 is 11.3 Å². The van der Waals surface area contributed by atoms with Crippen LogP contribution in [0.4, 0.5) is 0 Å².